The van der Waals surface area contributed by atoms with Crippen LogP contribution in [0.3, 0.4) is 0 Å². The Balaban J connectivity index is 1.71. The summed E-state index contributed by atoms with van der Waals surface area (Å²) < 4.78 is 1.83. The van der Waals surface area contributed by atoms with E-state index in [1.54, 1.807) is 6.07 Å². The summed E-state index contributed by atoms with van der Waals surface area (Å²) >= 11 is 0. The van der Waals surface area contributed by atoms with Crippen molar-refractivity contribution in [3.8, 4) is 5.69 Å². The topological polar surface area (TPSA) is 67.2 Å². The van der Waals surface area contributed by atoms with E-state index in [-0.39, 0.29) is 5.91 Å². The SMILES string of the molecule is Cc1cc(C)n(-c2cccc(C(=O)NCC3(O)CCCCC3)c2)n1. The molecule has 0 radical (unpaired) electrons. The minimum atomic E-state index is -0.749. The lowest BCUT2D eigenvalue weighted by atomic mass is 9.85. The summed E-state index contributed by atoms with van der Waals surface area (Å²) in [7, 11) is 0. The molecule has 1 amide bonds. The van der Waals surface area contributed by atoms with Gasteiger partial charge in [0.15, 0.2) is 0 Å². The molecule has 0 aliphatic heterocycles. The van der Waals surface area contributed by atoms with E-state index in [9.17, 15) is 9.90 Å². The fourth-order valence-corrected chi connectivity index (χ4v) is 3.40. The summed E-state index contributed by atoms with van der Waals surface area (Å²) in [5, 5.41) is 17.9. The van der Waals surface area contributed by atoms with Crippen LogP contribution in [0, 0.1) is 13.8 Å². The zero-order valence-corrected chi connectivity index (χ0v) is 14.4. The number of amides is 1. The molecule has 1 aromatic carbocycles. The van der Waals surface area contributed by atoms with E-state index in [0.717, 1.165) is 42.8 Å². The van der Waals surface area contributed by atoms with Gasteiger partial charge in [-0.15, -0.1) is 0 Å². The van der Waals surface area contributed by atoms with Gasteiger partial charge in [0.05, 0.1) is 17.0 Å². The van der Waals surface area contributed by atoms with Crippen LogP contribution in [0.5, 0.6) is 0 Å². The highest BCUT2D eigenvalue weighted by Gasteiger charge is 2.29. The second-order valence-electron chi connectivity index (χ2n) is 6.86. The van der Waals surface area contributed by atoms with Crippen molar-refractivity contribution < 1.29 is 9.90 Å². The molecule has 128 valence electrons. The Labute approximate surface area is 142 Å². The van der Waals surface area contributed by atoms with E-state index in [1.807, 2.05) is 42.8 Å². The first-order chi connectivity index (χ1) is 11.5. The number of nitrogens with one attached hydrogen (secondary N) is 1. The Morgan fingerprint density at radius 3 is 2.67 bits per heavy atom. The molecule has 0 spiro atoms. The molecule has 0 atom stereocenters. The number of benzene rings is 1. The Kier molecular flexibility index (Phi) is 4.71. The van der Waals surface area contributed by atoms with E-state index >= 15 is 0 Å². The highest BCUT2D eigenvalue weighted by molar-refractivity contribution is 5.94. The first kappa shape index (κ1) is 16.7. The maximum atomic E-state index is 12.5. The fraction of sp³-hybridized carbons (Fsp3) is 0.474. The maximum absolute atomic E-state index is 12.5. The third kappa shape index (κ3) is 3.67. The molecule has 0 bridgehead atoms. The van der Waals surface area contributed by atoms with Crippen LogP contribution in [0.15, 0.2) is 30.3 Å². The average molecular weight is 327 g/mol. The minimum Gasteiger partial charge on any atom is -0.388 e. The lowest BCUT2D eigenvalue weighted by molar-refractivity contribution is 0.00526. The normalized spacial score (nSPS) is 16.8. The summed E-state index contributed by atoms with van der Waals surface area (Å²) in [6.07, 6.45) is 4.75. The molecule has 3 rings (SSSR count). The van der Waals surface area contributed by atoms with E-state index in [1.165, 1.54) is 6.42 Å². The van der Waals surface area contributed by atoms with Crippen LogP contribution in [-0.2, 0) is 0 Å². The Bertz CT molecular complexity index is 730. The van der Waals surface area contributed by atoms with Crippen molar-refractivity contribution in [2.75, 3.05) is 6.54 Å². The van der Waals surface area contributed by atoms with Crippen molar-refractivity contribution in [2.45, 2.75) is 51.6 Å². The van der Waals surface area contributed by atoms with Crippen LogP contribution in [0.25, 0.3) is 5.69 Å². The van der Waals surface area contributed by atoms with Gasteiger partial charge in [0.25, 0.3) is 5.91 Å². The molecule has 0 unspecified atom stereocenters. The maximum Gasteiger partial charge on any atom is 0.251 e. The summed E-state index contributed by atoms with van der Waals surface area (Å²) in [5.74, 6) is -0.155. The molecule has 1 aliphatic rings. The second kappa shape index (κ2) is 6.77. The monoisotopic (exact) mass is 327 g/mol. The standard InChI is InChI=1S/C19H25N3O2/c1-14-11-15(2)22(21-14)17-8-6-7-16(12-17)18(23)20-13-19(24)9-4-3-5-10-19/h6-8,11-12,24H,3-5,9-10,13H2,1-2H3,(H,20,23). The Morgan fingerprint density at radius 1 is 1.25 bits per heavy atom. The van der Waals surface area contributed by atoms with Crippen LogP contribution in [0.4, 0.5) is 0 Å². The van der Waals surface area contributed by atoms with Gasteiger partial charge in [0, 0.05) is 17.8 Å². The number of aliphatic hydroxyl groups is 1. The summed E-state index contributed by atoms with van der Waals surface area (Å²) in [5.41, 5.74) is 2.67. The average Bonchev–Trinajstić information content (AvgIpc) is 2.92. The number of rotatable bonds is 4. The van der Waals surface area contributed by atoms with Gasteiger partial charge in [-0.1, -0.05) is 25.3 Å². The van der Waals surface area contributed by atoms with Crippen molar-refractivity contribution in [1.82, 2.24) is 15.1 Å². The molecule has 1 aliphatic carbocycles. The van der Waals surface area contributed by atoms with Gasteiger partial charge in [0.2, 0.25) is 0 Å². The molecule has 5 heteroatoms. The molecule has 1 fully saturated rings. The van der Waals surface area contributed by atoms with Crippen molar-refractivity contribution in [2.24, 2.45) is 0 Å². The number of carbonyl (C=O) groups is 1. The van der Waals surface area contributed by atoms with Crippen LogP contribution < -0.4 is 5.32 Å². The van der Waals surface area contributed by atoms with E-state index in [4.69, 9.17) is 0 Å². The summed E-state index contributed by atoms with van der Waals surface area (Å²) in [6, 6.07) is 9.42. The van der Waals surface area contributed by atoms with Crippen LogP contribution >= 0.6 is 0 Å². The van der Waals surface area contributed by atoms with E-state index in [0.29, 0.717) is 12.1 Å². The van der Waals surface area contributed by atoms with Crippen molar-refractivity contribution in [3.63, 3.8) is 0 Å². The lowest BCUT2D eigenvalue weighted by Crippen LogP contribution is -2.44. The predicted octanol–water partition coefficient (Wildman–Crippen LogP) is 2.91. The molecule has 2 N–H and O–H groups in total. The molecular formula is C19H25N3O2. The first-order valence-electron chi connectivity index (χ1n) is 8.61. The third-order valence-electron chi connectivity index (χ3n) is 4.72. The number of hydrogen-bond donors (Lipinski definition) is 2. The zero-order chi connectivity index (χ0) is 17.2. The largest absolute Gasteiger partial charge is 0.388 e. The molecule has 1 heterocycles. The lowest BCUT2D eigenvalue weighted by Gasteiger charge is -2.32. The molecule has 5 nitrogen and oxygen atoms in total. The highest BCUT2D eigenvalue weighted by Crippen LogP contribution is 2.27. The van der Waals surface area contributed by atoms with Gasteiger partial charge in [-0.05, 0) is 51.0 Å². The van der Waals surface area contributed by atoms with Gasteiger partial charge in [-0.25, -0.2) is 4.68 Å². The Morgan fingerprint density at radius 2 is 2.00 bits per heavy atom. The number of hydrogen-bond acceptors (Lipinski definition) is 3. The summed E-state index contributed by atoms with van der Waals surface area (Å²) in [4.78, 5) is 12.5. The molecular weight excluding hydrogens is 302 g/mol. The minimum absolute atomic E-state index is 0.155. The number of nitrogens with zero attached hydrogens (tertiary/aromatic N) is 2. The van der Waals surface area contributed by atoms with Gasteiger partial charge in [-0.3, -0.25) is 4.79 Å². The fourth-order valence-electron chi connectivity index (χ4n) is 3.40. The zero-order valence-electron chi connectivity index (χ0n) is 14.4. The van der Waals surface area contributed by atoms with Crippen LogP contribution in [0.1, 0.15) is 53.8 Å². The summed E-state index contributed by atoms with van der Waals surface area (Å²) in [6.45, 7) is 4.26. The Hall–Kier alpha value is -2.14. The molecule has 1 aromatic heterocycles. The number of aromatic nitrogens is 2. The first-order valence-corrected chi connectivity index (χ1v) is 8.61. The van der Waals surface area contributed by atoms with E-state index < -0.39 is 5.60 Å². The van der Waals surface area contributed by atoms with Crippen LogP contribution in [0.2, 0.25) is 0 Å². The number of carbonyl (C=O) groups excluding carboxylic acids is 1. The smallest absolute Gasteiger partial charge is 0.251 e. The highest BCUT2D eigenvalue weighted by atomic mass is 16.3. The molecule has 1 saturated carbocycles. The van der Waals surface area contributed by atoms with Crippen LogP contribution in [-0.4, -0.2) is 32.9 Å². The van der Waals surface area contributed by atoms with Gasteiger partial charge in [-0.2, -0.15) is 5.10 Å². The quantitative estimate of drug-likeness (QED) is 0.907. The van der Waals surface area contributed by atoms with Gasteiger partial charge >= 0.3 is 0 Å². The molecule has 24 heavy (non-hydrogen) atoms. The predicted molar refractivity (Wildman–Crippen MR) is 93.4 cm³/mol. The van der Waals surface area contributed by atoms with Crippen molar-refractivity contribution in [3.05, 3.63) is 47.3 Å². The van der Waals surface area contributed by atoms with Crippen molar-refractivity contribution in [1.29, 1.82) is 0 Å². The molecule has 2 aromatic rings. The van der Waals surface area contributed by atoms with Gasteiger partial charge < -0.3 is 10.4 Å². The van der Waals surface area contributed by atoms with Gasteiger partial charge in [0.1, 0.15) is 0 Å². The van der Waals surface area contributed by atoms with Crippen molar-refractivity contribution >= 4 is 5.91 Å². The van der Waals surface area contributed by atoms with E-state index in [2.05, 4.69) is 10.4 Å². The third-order valence-corrected chi connectivity index (χ3v) is 4.72. The number of aryl methyl sites for hydroxylation is 2. The molecule has 0 saturated heterocycles. The second-order valence-corrected chi connectivity index (χ2v) is 6.86.